The Morgan fingerprint density at radius 2 is 1.47 bits per heavy atom. The maximum absolute atomic E-state index is 14.3. The molecule has 3 unspecified atom stereocenters. The second kappa shape index (κ2) is 13.1. The number of nitrogens with one attached hydrogen (secondary N) is 1. The van der Waals surface area contributed by atoms with E-state index in [4.69, 9.17) is 5.11 Å². The molecule has 4 heteroatoms. The first-order valence-electron chi connectivity index (χ1n) is 19.1. The molecule has 0 bridgehead atoms. The van der Waals surface area contributed by atoms with Crippen LogP contribution in [0.25, 0.3) is 0 Å². The fourth-order valence-corrected chi connectivity index (χ4v) is 13.0. The number of unbranched alkanes of at least 4 members (excludes halogenated alkanes) is 7. The van der Waals surface area contributed by atoms with Gasteiger partial charge in [-0.3, -0.25) is 9.59 Å². The number of carboxylic acids is 1. The third-order valence-electron chi connectivity index (χ3n) is 15.4. The summed E-state index contributed by atoms with van der Waals surface area (Å²) < 4.78 is 0. The Hall–Kier alpha value is -1.58. The van der Waals surface area contributed by atoms with Crippen molar-refractivity contribution in [3.63, 3.8) is 0 Å². The first-order valence-corrected chi connectivity index (χ1v) is 19.1. The lowest BCUT2D eigenvalue weighted by Crippen LogP contribution is -2.66. The molecule has 0 heterocycles. The Kier molecular flexibility index (Phi) is 10.1. The van der Waals surface area contributed by atoms with Gasteiger partial charge in [0, 0.05) is 13.0 Å². The molecule has 0 spiro atoms. The molecule has 0 aliphatic heterocycles. The predicted octanol–water partition coefficient (Wildman–Crippen LogP) is 10.5. The van der Waals surface area contributed by atoms with Crippen LogP contribution in [0.15, 0.2) is 24.3 Å². The lowest BCUT2D eigenvalue weighted by atomic mass is 9.33. The number of amides is 1. The topological polar surface area (TPSA) is 66.4 Å². The summed E-state index contributed by atoms with van der Waals surface area (Å²) in [5.74, 6) is 2.70. The molecule has 4 saturated carbocycles. The summed E-state index contributed by atoms with van der Waals surface area (Å²) in [5, 5.41) is 12.3. The van der Waals surface area contributed by atoms with E-state index >= 15 is 0 Å². The van der Waals surface area contributed by atoms with Crippen LogP contribution >= 0.6 is 0 Å². The summed E-state index contributed by atoms with van der Waals surface area (Å²) >= 11 is 0. The normalized spacial score (nSPS) is 41.3. The Bertz CT molecular complexity index is 1140. The summed E-state index contributed by atoms with van der Waals surface area (Å²) in [5.41, 5.74) is 2.34. The number of fused-ring (bicyclic) bond motifs is 7. The largest absolute Gasteiger partial charge is 0.481 e. The standard InChI is InChI=1S/C41H67NO3/c1-29(2)30-20-25-41(36(45)42-28-15-13-11-9-8-10-12-14-17-34(43)44)27-26-39(6)31(35(30)41)18-19-33-38(5)23-16-22-37(3,4)32(38)21-24-40(33,39)7/h16,22,30-33,35H,1,8-15,17-21,23-28H2,2-7H3,(H,42,45)(H,43,44)/t30?,31?,32-,33+,35?,38-,39+,40+,41-/m0/s1. The highest BCUT2D eigenvalue weighted by molar-refractivity contribution is 5.83. The average molecular weight is 622 g/mol. The molecule has 5 rings (SSSR count). The molecule has 45 heavy (non-hydrogen) atoms. The van der Waals surface area contributed by atoms with Gasteiger partial charge in [-0.1, -0.05) is 97.4 Å². The number of hydrogen-bond donors (Lipinski definition) is 2. The number of hydrogen-bond acceptors (Lipinski definition) is 2. The molecule has 1 amide bonds. The maximum atomic E-state index is 14.3. The van der Waals surface area contributed by atoms with E-state index < -0.39 is 5.97 Å². The van der Waals surface area contributed by atoms with Crippen LogP contribution in [0.3, 0.4) is 0 Å². The number of allylic oxidation sites excluding steroid dienone is 3. The summed E-state index contributed by atoms with van der Waals surface area (Å²) in [6, 6.07) is 0. The van der Waals surface area contributed by atoms with Crippen molar-refractivity contribution in [2.75, 3.05) is 6.54 Å². The van der Waals surface area contributed by atoms with Gasteiger partial charge in [0.05, 0.1) is 5.41 Å². The van der Waals surface area contributed by atoms with Gasteiger partial charge in [-0.05, 0) is 129 Å². The minimum atomic E-state index is -0.683. The van der Waals surface area contributed by atoms with Crippen LogP contribution in [-0.2, 0) is 9.59 Å². The molecule has 254 valence electrons. The molecule has 4 nitrogen and oxygen atoms in total. The van der Waals surface area contributed by atoms with E-state index in [1.165, 1.54) is 63.4 Å². The molecule has 4 fully saturated rings. The summed E-state index contributed by atoms with van der Waals surface area (Å²) in [7, 11) is 0. The molecule has 0 aromatic carbocycles. The molecule has 2 N–H and O–H groups in total. The van der Waals surface area contributed by atoms with Gasteiger partial charge in [-0.25, -0.2) is 0 Å². The fourth-order valence-electron chi connectivity index (χ4n) is 13.0. The van der Waals surface area contributed by atoms with Crippen molar-refractivity contribution in [3.8, 4) is 0 Å². The summed E-state index contributed by atoms with van der Waals surface area (Å²) in [4.78, 5) is 25.0. The molecule has 0 radical (unpaired) electrons. The van der Waals surface area contributed by atoms with Crippen LogP contribution in [0.4, 0.5) is 0 Å². The summed E-state index contributed by atoms with van der Waals surface area (Å²) in [6.45, 7) is 20.6. The number of aliphatic carboxylic acids is 1. The van der Waals surface area contributed by atoms with Crippen molar-refractivity contribution < 1.29 is 14.7 Å². The van der Waals surface area contributed by atoms with Crippen LogP contribution < -0.4 is 5.32 Å². The molecule has 9 atom stereocenters. The van der Waals surface area contributed by atoms with Gasteiger partial charge < -0.3 is 10.4 Å². The van der Waals surface area contributed by atoms with Crippen molar-refractivity contribution >= 4 is 11.9 Å². The van der Waals surface area contributed by atoms with E-state index in [0.717, 1.165) is 69.7 Å². The minimum Gasteiger partial charge on any atom is -0.481 e. The quantitative estimate of drug-likeness (QED) is 0.159. The monoisotopic (exact) mass is 622 g/mol. The van der Waals surface area contributed by atoms with Gasteiger partial charge in [0.25, 0.3) is 0 Å². The zero-order valence-electron chi connectivity index (χ0n) is 29.9. The minimum absolute atomic E-state index is 0.219. The molecule has 0 saturated heterocycles. The Labute approximate surface area is 276 Å². The van der Waals surface area contributed by atoms with E-state index in [1.54, 1.807) is 0 Å². The maximum Gasteiger partial charge on any atom is 0.303 e. The second-order valence-corrected chi connectivity index (χ2v) is 18.0. The molecule has 0 aromatic rings. The second-order valence-electron chi connectivity index (χ2n) is 18.0. The van der Waals surface area contributed by atoms with Gasteiger partial charge in [0.1, 0.15) is 0 Å². The van der Waals surface area contributed by atoms with E-state index in [2.05, 4.69) is 65.6 Å². The van der Waals surface area contributed by atoms with E-state index in [-0.39, 0.29) is 16.2 Å². The lowest BCUT2D eigenvalue weighted by molar-refractivity contribution is -0.225. The highest BCUT2D eigenvalue weighted by Gasteiger charge is 2.71. The van der Waals surface area contributed by atoms with Gasteiger partial charge in [-0.2, -0.15) is 0 Å². The van der Waals surface area contributed by atoms with Crippen molar-refractivity contribution in [1.29, 1.82) is 0 Å². The number of carbonyl (C=O) groups excluding carboxylic acids is 1. The third-order valence-corrected chi connectivity index (χ3v) is 15.4. The third kappa shape index (κ3) is 6.01. The lowest BCUT2D eigenvalue weighted by Gasteiger charge is -2.72. The summed E-state index contributed by atoms with van der Waals surface area (Å²) in [6.07, 6.45) is 25.0. The van der Waals surface area contributed by atoms with Crippen LogP contribution in [0.5, 0.6) is 0 Å². The number of carbonyl (C=O) groups is 2. The Morgan fingerprint density at radius 1 is 0.800 bits per heavy atom. The van der Waals surface area contributed by atoms with Crippen molar-refractivity contribution in [3.05, 3.63) is 24.3 Å². The predicted molar refractivity (Wildman–Crippen MR) is 186 cm³/mol. The van der Waals surface area contributed by atoms with Crippen LogP contribution in [0.1, 0.15) is 157 Å². The average Bonchev–Trinajstić information content (AvgIpc) is 3.37. The molecular formula is C41H67NO3. The van der Waals surface area contributed by atoms with Crippen LogP contribution in [0.2, 0.25) is 0 Å². The fraction of sp³-hybridized carbons (Fsp3) is 0.854. The smallest absolute Gasteiger partial charge is 0.303 e. The van der Waals surface area contributed by atoms with E-state index in [9.17, 15) is 9.59 Å². The van der Waals surface area contributed by atoms with E-state index in [1.807, 2.05) is 0 Å². The van der Waals surface area contributed by atoms with Gasteiger partial charge in [-0.15, -0.1) is 0 Å². The van der Waals surface area contributed by atoms with Gasteiger partial charge >= 0.3 is 5.97 Å². The van der Waals surface area contributed by atoms with Crippen molar-refractivity contribution in [2.45, 2.75) is 157 Å². The van der Waals surface area contributed by atoms with Gasteiger partial charge in [0.2, 0.25) is 5.91 Å². The first-order chi connectivity index (χ1) is 21.2. The Morgan fingerprint density at radius 3 is 2.13 bits per heavy atom. The SMILES string of the molecule is C=C(C)C1CC[C@]2(C(=O)NCCCCCCCCCCC(=O)O)CC[C@]3(C)C(CC[C@@H]4[C@@]5(C)CC=CC(C)(C)[C@@H]5CC[C@]43C)C12. The first kappa shape index (κ1) is 34.7. The van der Waals surface area contributed by atoms with Crippen LogP contribution in [0, 0.1) is 56.7 Å². The molecule has 5 aliphatic carbocycles. The zero-order chi connectivity index (χ0) is 32.7. The zero-order valence-corrected chi connectivity index (χ0v) is 29.9. The highest BCUT2D eigenvalue weighted by atomic mass is 16.4. The van der Waals surface area contributed by atoms with E-state index in [0.29, 0.717) is 40.9 Å². The van der Waals surface area contributed by atoms with Crippen LogP contribution in [-0.4, -0.2) is 23.5 Å². The Balaban J connectivity index is 1.24. The van der Waals surface area contributed by atoms with Crippen molar-refractivity contribution in [2.24, 2.45) is 56.7 Å². The van der Waals surface area contributed by atoms with Crippen molar-refractivity contribution in [1.82, 2.24) is 5.32 Å². The molecule has 5 aliphatic rings. The molecular weight excluding hydrogens is 554 g/mol. The van der Waals surface area contributed by atoms with Gasteiger partial charge in [0.15, 0.2) is 0 Å². The highest BCUT2D eigenvalue weighted by Crippen LogP contribution is 2.77. The molecule has 0 aromatic heterocycles. The number of carboxylic acid groups (broad SMARTS) is 1. The number of rotatable bonds is 13.